The minimum absolute atomic E-state index is 0.0199. The van der Waals surface area contributed by atoms with Gasteiger partial charge in [-0.2, -0.15) is 0 Å². The van der Waals surface area contributed by atoms with Crippen LogP contribution in [0.4, 0.5) is 10.9 Å². The van der Waals surface area contributed by atoms with Crippen molar-refractivity contribution in [1.29, 1.82) is 0 Å². The highest BCUT2D eigenvalue weighted by molar-refractivity contribution is 7.15. The van der Waals surface area contributed by atoms with Gasteiger partial charge >= 0.3 is 5.97 Å². The molecule has 10 nitrogen and oxygen atoms in total. The zero-order valence-corrected chi connectivity index (χ0v) is 22.7. The number of rotatable bonds is 8. The molecule has 4 rings (SSSR count). The smallest absolute Gasteiger partial charge is 0.303 e. The van der Waals surface area contributed by atoms with Crippen LogP contribution in [0, 0.1) is 6.92 Å². The van der Waals surface area contributed by atoms with Crippen molar-refractivity contribution in [3.8, 4) is 0 Å². The molecule has 2 aromatic rings. The van der Waals surface area contributed by atoms with Gasteiger partial charge in [-0.05, 0) is 45.4 Å². The van der Waals surface area contributed by atoms with Gasteiger partial charge in [-0.15, -0.1) is 11.3 Å². The van der Waals surface area contributed by atoms with Gasteiger partial charge in [-0.1, -0.05) is 13.3 Å². The van der Waals surface area contributed by atoms with Gasteiger partial charge in [0.25, 0.3) is 5.91 Å². The van der Waals surface area contributed by atoms with E-state index in [2.05, 4.69) is 17.2 Å². The molecule has 11 heteroatoms. The Kier molecular flexibility index (Phi) is 9.07. The number of nitrogens with zero attached hydrogens (tertiary/aromatic N) is 5. The first kappa shape index (κ1) is 27.0. The summed E-state index contributed by atoms with van der Waals surface area (Å²) < 4.78 is 4.88. The number of carbonyl (C=O) groups is 3. The summed E-state index contributed by atoms with van der Waals surface area (Å²) in [6.07, 6.45) is 7.93. The number of hydrogen-bond donors (Lipinski definition) is 1. The minimum Gasteiger partial charge on any atom is -0.456 e. The van der Waals surface area contributed by atoms with Crippen LogP contribution in [-0.2, 0) is 25.5 Å². The van der Waals surface area contributed by atoms with Crippen molar-refractivity contribution in [2.45, 2.75) is 77.7 Å². The molecular formula is C26H36N6O4S. The number of ether oxygens (including phenoxy) is 1. The average molecular weight is 529 g/mol. The molecule has 1 N–H and O–H groups in total. The fraction of sp³-hybridized carbons (Fsp3) is 0.615. The van der Waals surface area contributed by atoms with E-state index in [1.807, 2.05) is 24.1 Å². The molecule has 2 saturated heterocycles. The standard InChI is InChI=1S/C26H36N6O4S/c1-4-7-20-15-27-26(37-20)30-22-14-17(2)28-24(29-22)19-9-12-31(13-10-19)25(35)21-8-5-6-11-32(21)23(34)16-36-18(3)33/h14-15,19,21H,4-13,16H2,1-3H3,(H,27,28,29,30)/t21-/m0/s1. The summed E-state index contributed by atoms with van der Waals surface area (Å²) in [7, 11) is 0. The largest absolute Gasteiger partial charge is 0.456 e. The van der Waals surface area contributed by atoms with E-state index >= 15 is 0 Å². The van der Waals surface area contributed by atoms with E-state index in [0.29, 0.717) is 26.1 Å². The molecule has 1 atom stereocenters. The summed E-state index contributed by atoms with van der Waals surface area (Å²) in [5.74, 6) is 0.856. The number of hydrogen-bond acceptors (Lipinski definition) is 9. The molecule has 4 heterocycles. The number of nitrogens with one attached hydrogen (secondary N) is 1. The summed E-state index contributed by atoms with van der Waals surface area (Å²) in [5, 5.41) is 4.16. The number of carbonyl (C=O) groups excluding carboxylic acids is 3. The first-order chi connectivity index (χ1) is 17.8. The lowest BCUT2D eigenvalue weighted by molar-refractivity contribution is -0.155. The number of aryl methyl sites for hydroxylation is 2. The van der Waals surface area contributed by atoms with Crippen molar-refractivity contribution < 1.29 is 19.1 Å². The highest BCUT2D eigenvalue weighted by atomic mass is 32.1. The molecule has 2 aromatic heterocycles. The van der Waals surface area contributed by atoms with E-state index < -0.39 is 12.0 Å². The molecular weight excluding hydrogens is 492 g/mol. The maximum atomic E-state index is 13.4. The maximum Gasteiger partial charge on any atom is 0.303 e. The molecule has 0 aliphatic carbocycles. The first-order valence-electron chi connectivity index (χ1n) is 13.1. The molecule has 0 bridgehead atoms. The molecule has 0 spiro atoms. The fourth-order valence-electron chi connectivity index (χ4n) is 4.98. The van der Waals surface area contributed by atoms with Crippen LogP contribution >= 0.6 is 11.3 Å². The Morgan fingerprint density at radius 3 is 2.65 bits per heavy atom. The molecule has 2 aliphatic rings. The minimum atomic E-state index is -0.500. The van der Waals surface area contributed by atoms with Gasteiger partial charge < -0.3 is 19.9 Å². The number of piperidine rings is 2. The predicted molar refractivity (Wildman–Crippen MR) is 141 cm³/mol. The Morgan fingerprint density at radius 1 is 1.14 bits per heavy atom. The summed E-state index contributed by atoms with van der Waals surface area (Å²) in [6.45, 7) is 6.78. The number of aromatic nitrogens is 3. The topological polar surface area (TPSA) is 118 Å². The van der Waals surface area contributed by atoms with Gasteiger partial charge in [-0.25, -0.2) is 15.0 Å². The number of anilines is 2. The van der Waals surface area contributed by atoms with Crippen molar-refractivity contribution in [3.63, 3.8) is 0 Å². The van der Waals surface area contributed by atoms with Gasteiger partial charge in [0.15, 0.2) is 11.7 Å². The highest BCUT2D eigenvalue weighted by Crippen LogP contribution is 2.30. The van der Waals surface area contributed by atoms with Crippen molar-refractivity contribution in [2.24, 2.45) is 0 Å². The average Bonchev–Trinajstić information content (AvgIpc) is 3.33. The Morgan fingerprint density at radius 2 is 1.92 bits per heavy atom. The Labute approximate surface area is 221 Å². The van der Waals surface area contributed by atoms with Crippen LogP contribution in [0.25, 0.3) is 0 Å². The van der Waals surface area contributed by atoms with Gasteiger partial charge in [-0.3, -0.25) is 14.4 Å². The van der Waals surface area contributed by atoms with Gasteiger partial charge in [0.2, 0.25) is 5.91 Å². The molecule has 2 aliphatic heterocycles. The number of esters is 1. The van der Waals surface area contributed by atoms with Crippen LogP contribution in [0.2, 0.25) is 0 Å². The third-order valence-corrected chi connectivity index (χ3v) is 7.81. The van der Waals surface area contributed by atoms with Gasteiger partial charge in [0.1, 0.15) is 17.7 Å². The SMILES string of the molecule is CCCc1cnc(Nc2cc(C)nc(C3CCN(C(=O)[C@@H]4CCCCN4C(=O)COC(C)=O)CC3)n2)s1. The van der Waals surface area contributed by atoms with Crippen molar-refractivity contribution in [3.05, 3.63) is 28.7 Å². The lowest BCUT2D eigenvalue weighted by atomic mass is 9.94. The third kappa shape index (κ3) is 7.03. The summed E-state index contributed by atoms with van der Waals surface area (Å²) >= 11 is 1.64. The van der Waals surface area contributed by atoms with Crippen molar-refractivity contribution >= 4 is 40.1 Å². The first-order valence-corrected chi connectivity index (χ1v) is 13.9. The molecule has 0 radical (unpaired) electrons. The summed E-state index contributed by atoms with van der Waals surface area (Å²) in [5.41, 5.74) is 0.889. The van der Waals surface area contributed by atoms with Crippen molar-refractivity contribution in [1.82, 2.24) is 24.8 Å². The molecule has 0 unspecified atom stereocenters. The highest BCUT2D eigenvalue weighted by Gasteiger charge is 2.36. The third-order valence-electron chi connectivity index (χ3n) is 6.84. The Balaban J connectivity index is 1.36. The van der Waals surface area contributed by atoms with E-state index in [1.165, 1.54) is 11.8 Å². The second-order valence-electron chi connectivity index (χ2n) is 9.74. The van der Waals surface area contributed by atoms with Crippen LogP contribution in [0.3, 0.4) is 0 Å². The number of amides is 2. The van der Waals surface area contributed by atoms with Crippen LogP contribution in [0.15, 0.2) is 12.3 Å². The van der Waals surface area contributed by atoms with Crippen LogP contribution in [0.5, 0.6) is 0 Å². The fourth-order valence-corrected chi connectivity index (χ4v) is 5.90. The lowest BCUT2D eigenvalue weighted by Gasteiger charge is -2.39. The predicted octanol–water partition coefficient (Wildman–Crippen LogP) is 3.59. The van der Waals surface area contributed by atoms with E-state index in [4.69, 9.17) is 14.7 Å². The van der Waals surface area contributed by atoms with E-state index in [1.54, 1.807) is 16.2 Å². The number of thiazole rings is 1. The van der Waals surface area contributed by atoms with Crippen LogP contribution in [0.1, 0.15) is 74.7 Å². The van der Waals surface area contributed by atoms with Gasteiger partial charge in [0.05, 0.1) is 0 Å². The summed E-state index contributed by atoms with van der Waals surface area (Å²) in [4.78, 5) is 55.8. The van der Waals surface area contributed by atoms with Crippen LogP contribution < -0.4 is 5.32 Å². The van der Waals surface area contributed by atoms with Crippen molar-refractivity contribution in [2.75, 3.05) is 31.6 Å². The zero-order valence-electron chi connectivity index (χ0n) is 21.9. The van der Waals surface area contributed by atoms with Crippen LogP contribution in [-0.4, -0.2) is 74.8 Å². The second kappa shape index (κ2) is 12.4. The number of likely N-dealkylation sites (tertiary alicyclic amines) is 2. The molecule has 0 saturated carbocycles. The maximum absolute atomic E-state index is 13.4. The second-order valence-corrected chi connectivity index (χ2v) is 10.9. The van der Waals surface area contributed by atoms with E-state index in [9.17, 15) is 14.4 Å². The Bertz CT molecular complexity index is 1110. The zero-order chi connectivity index (χ0) is 26.4. The molecule has 37 heavy (non-hydrogen) atoms. The van der Waals surface area contributed by atoms with E-state index in [0.717, 1.165) is 61.0 Å². The molecule has 0 aromatic carbocycles. The summed E-state index contributed by atoms with van der Waals surface area (Å²) in [6, 6.07) is 1.43. The molecule has 2 fully saturated rings. The molecule has 2 amide bonds. The quantitative estimate of drug-likeness (QED) is 0.517. The lowest BCUT2D eigenvalue weighted by Crippen LogP contribution is -2.55. The Hall–Kier alpha value is -3.08. The molecule has 200 valence electrons. The van der Waals surface area contributed by atoms with Gasteiger partial charge in [0, 0.05) is 55.3 Å². The van der Waals surface area contributed by atoms with E-state index in [-0.39, 0.29) is 24.3 Å². The monoisotopic (exact) mass is 528 g/mol. The normalized spacial score (nSPS) is 18.5.